The molecule has 11 heteroatoms. The van der Waals surface area contributed by atoms with E-state index in [1.54, 1.807) is 24.3 Å². The zero-order valence-corrected chi connectivity index (χ0v) is 21.7. The van der Waals surface area contributed by atoms with Crippen molar-refractivity contribution in [2.75, 3.05) is 10.7 Å². The third-order valence-electron chi connectivity index (χ3n) is 6.06. The van der Waals surface area contributed by atoms with Gasteiger partial charge in [0.15, 0.2) is 11.5 Å². The van der Waals surface area contributed by atoms with E-state index < -0.39 is 11.2 Å². The van der Waals surface area contributed by atoms with Crippen LogP contribution in [-0.2, 0) is 4.79 Å². The van der Waals surface area contributed by atoms with E-state index in [1.807, 2.05) is 24.3 Å². The number of carbonyl (C=O) groups is 1. The third kappa shape index (κ3) is 5.10. The molecule has 1 aliphatic heterocycles. The number of nitro groups is 1. The number of unbranched alkanes of at least 4 members (excludes halogenated alkanes) is 2. The molecule has 4 aromatic rings. The molecule has 3 heterocycles. The quantitative estimate of drug-likeness (QED) is 0.109. The van der Waals surface area contributed by atoms with E-state index in [9.17, 15) is 14.9 Å². The van der Waals surface area contributed by atoms with Gasteiger partial charge in [0.05, 0.1) is 10.6 Å². The first kappa shape index (κ1) is 25.4. The molecule has 0 saturated heterocycles. The van der Waals surface area contributed by atoms with Crippen molar-refractivity contribution in [3.8, 4) is 28.5 Å². The van der Waals surface area contributed by atoms with Crippen LogP contribution in [0.4, 0.5) is 11.4 Å². The fraction of sp³-hybridized carbons (Fsp3) is 0.259. The van der Waals surface area contributed by atoms with Gasteiger partial charge in [-0.3, -0.25) is 19.8 Å². The van der Waals surface area contributed by atoms with Crippen LogP contribution >= 0.6 is 11.8 Å². The van der Waals surface area contributed by atoms with Gasteiger partial charge in [-0.15, -0.1) is 10.2 Å². The Morgan fingerprint density at radius 2 is 1.87 bits per heavy atom. The van der Waals surface area contributed by atoms with Crippen molar-refractivity contribution in [2.24, 2.45) is 0 Å². The maximum atomic E-state index is 13.0. The van der Waals surface area contributed by atoms with E-state index in [1.165, 1.54) is 35.7 Å². The number of nitro benzene ring substituents is 1. The molecule has 0 N–H and O–H groups in total. The van der Waals surface area contributed by atoms with Crippen LogP contribution in [0, 0.1) is 10.1 Å². The molecule has 0 saturated carbocycles. The van der Waals surface area contributed by atoms with Crippen molar-refractivity contribution in [1.29, 1.82) is 0 Å². The number of hydrogen-bond donors (Lipinski definition) is 0. The Kier molecular flexibility index (Phi) is 7.36. The summed E-state index contributed by atoms with van der Waals surface area (Å²) in [6.45, 7) is 3.61. The maximum absolute atomic E-state index is 13.0. The second kappa shape index (κ2) is 11.0. The molecule has 5 rings (SSSR count). The number of rotatable bonds is 8. The van der Waals surface area contributed by atoms with E-state index in [0.717, 1.165) is 25.0 Å². The van der Waals surface area contributed by atoms with Gasteiger partial charge in [0.25, 0.3) is 5.69 Å². The molecule has 10 nitrogen and oxygen atoms in total. The van der Waals surface area contributed by atoms with E-state index in [4.69, 9.17) is 9.15 Å². The molecule has 0 aliphatic carbocycles. The summed E-state index contributed by atoms with van der Waals surface area (Å²) in [7, 11) is 0. The van der Waals surface area contributed by atoms with Crippen molar-refractivity contribution in [2.45, 2.75) is 44.5 Å². The smallest absolute Gasteiger partial charge is 0.269 e. The Balaban J connectivity index is 1.54. The molecule has 0 bridgehead atoms. The maximum Gasteiger partial charge on any atom is 0.269 e. The van der Waals surface area contributed by atoms with Crippen LogP contribution in [0.2, 0.25) is 0 Å². The van der Waals surface area contributed by atoms with Crippen LogP contribution in [0.1, 0.15) is 45.1 Å². The Hall–Kier alpha value is -4.25. The van der Waals surface area contributed by atoms with Crippen LogP contribution in [0.5, 0.6) is 5.88 Å². The average molecular weight is 532 g/mol. The molecule has 1 amide bonds. The van der Waals surface area contributed by atoms with E-state index in [2.05, 4.69) is 22.1 Å². The highest BCUT2D eigenvalue weighted by Gasteiger charge is 2.36. The zero-order valence-electron chi connectivity index (χ0n) is 20.9. The number of aromatic nitrogens is 3. The molecule has 38 heavy (non-hydrogen) atoms. The largest absolute Gasteiger partial charge is 0.455 e. The molecule has 2 aromatic heterocycles. The predicted octanol–water partition coefficient (Wildman–Crippen LogP) is 6.43. The van der Waals surface area contributed by atoms with Crippen LogP contribution in [0.25, 0.3) is 22.6 Å². The van der Waals surface area contributed by atoms with Crippen LogP contribution in [-0.4, -0.2) is 31.8 Å². The molecule has 1 atom stereocenters. The normalized spacial score (nSPS) is 14.3. The summed E-state index contributed by atoms with van der Waals surface area (Å²) in [4.78, 5) is 29.7. The Bertz CT molecular complexity index is 1470. The lowest BCUT2D eigenvalue weighted by atomic mass is 10.1. The minimum atomic E-state index is -0.962. The first-order valence-electron chi connectivity index (χ1n) is 12.2. The summed E-state index contributed by atoms with van der Waals surface area (Å²) >= 11 is 1.51. The van der Waals surface area contributed by atoms with Gasteiger partial charge in [0, 0.05) is 35.9 Å². The second-order valence-electron chi connectivity index (χ2n) is 8.69. The number of fused-ring (bicyclic) bond motifs is 3. The minimum absolute atomic E-state index is 0.0147. The standard InChI is InChI=1S/C27H25N5O5S/c1-3-4-7-16-38-27-28-25-24(29-30-27)20-8-5-6-9-21(20)31(17(2)33)26(37-25)23-15-14-22(36-23)18-10-12-19(13-11-18)32(34)35/h5-6,8-15,26H,3-4,7,16H2,1-2H3/t26-/m1/s1. The van der Waals surface area contributed by atoms with Crippen LogP contribution < -0.4 is 9.64 Å². The number of hydrogen-bond acceptors (Lipinski definition) is 9. The molecular formula is C27H25N5O5S. The number of furan rings is 1. The summed E-state index contributed by atoms with van der Waals surface area (Å²) in [5.41, 5.74) is 2.34. The summed E-state index contributed by atoms with van der Waals surface area (Å²) in [6.07, 6.45) is 2.33. The Morgan fingerprint density at radius 1 is 1.08 bits per heavy atom. The van der Waals surface area contributed by atoms with Crippen LogP contribution in [0.15, 0.2) is 70.2 Å². The highest BCUT2D eigenvalue weighted by molar-refractivity contribution is 7.99. The number of nitrogens with zero attached hydrogens (tertiary/aromatic N) is 5. The monoisotopic (exact) mass is 531 g/mol. The van der Waals surface area contributed by atoms with Crippen molar-refractivity contribution in [3.05, 3.63) is 76.5 Å². The molecule has 194 valence electrons. The van der Waals surface area contributed by atoms with Crippen molar-refractivity contribution in [3.63, 3.8) is 0 Å². The van der Waals surface area contributed by atoms with Gasteiger partial charge < -0.3 is 9.15 Å². The molecule has 0 unspecified atom stereocenters. The van der Waals surface area contributed by atoms with E-state index in [0.29, 0.717) is 39.2 Å². The van der Waals surface area contributed by atoms with Crippen molar-refractivity contribution >= 4 is 29.0 Å². The molecule has 2 aromatic carbocycles. The topological polar surface area (TPSA) is 124 Å². The number of thioether (sulfide) groups is 1. The molecule has 0 fully saturated rings. The molecule has 0 radical (unpaired) electrons. The van der Waals surface area contributed by atoms with Gasteiger partial charge in [0.1, 0.15) is 5.76 Å². The summed E-state index contributed by atoms with van der Waals surface area (Å²) < 4.78 is 12.5. The fourth-order valence-electron chi connectivity index (χ4n) is 4.20. The molecule has 0 spiro atoms. The van der Waals surface area contributed by atoms with Gasteiger partial charge in [-0.2, -0.15) is 4.98 Å². The second-order valence-corrected chi connectivity index (χ2v) is 9.75. The van der Waals surface area contributed by atoms with Gasteiger partial charge >= 0.3 is 0 Å². The lowest BCUT2D eigenvalue weighted by molar-refractivity contribution is -0.384. The number of amides is 1. The average Bonchev–Trinajstić information content (AvgIpc) is 3.36. The summed E-state index contributed by atoms with van der Waals surface area (Å²) in [5, 5.41) is 20.3. The van der Waals surface area contributed by atoms with Crippen molar-refractivity contribution < 1.29 is 18.9 Å². The minimum Gasteiger partial charge on any atom is -0.455 e. The SMILES string of the molecule is CCCCCSc1nnc2c(n1)O[C@H](c1ccc(-c3ccc([N+](=O)[O-])cc3)o1)N(C(C)=O)c1ccccc1-2. The van der Waals surface area contributed by atoms with Crippen molar-refractivity contribution in [1.82, 2.24) is 15.2 Å². The van der Waals surface area contributed by atoms with Gasteiger partial charge in [0.2, 0.25) is 23.2 Å². The highest BCUT2D eigenvalue weighted by atomic mass is 32.2. The number of non-ortho nitro benzene ring substituents is 1. The summed E-state index contributed by atoms with van der Waals surface area (Å²) in [6, 6.07) is 16.9. The number of anilines is 1. The lowest BCUT2D eigenvalue weighted by Gasteiger charge is -2.28. The highest BCUT2D eigenvalue weighted by Crippen LogP contribution is 2.44. The van der Waals surface area contributed by atoms with Crippen LogP contribution in [0.3, 0.4) is 0 Å². The lowest BCUT2D eigenvalue weighted by Crippen LogP contribution is -2.35. The number of benzene rings is 2. The molecular weight excluding hydrogens is 506 g/mol. The number of carbonyl (C=O) groups excluding carboxylic acids is 1. The van der Waals surface area contributed by atoms with Gasteiger partial charge in [-0.25, -0.2) is 0 Å². The Morgan fingerprint density at radius 3 is 2.61 bits per heavy atom. The van der Waals surface area contributed by atoms with E-state index >= 15 is 0 Å². The number of ether oxygens (including phenoxy) is 1. The fourth-order valence-corrected chi connectivity index (χ4v) is 4.98. The Labute approximate surface area is 223 Å². The van der Waals surface area contributed by atoms with E-state index in [-0.39, 0.29) is 17.5 Å². The van der Waals surface area contributed by atoms with Gasteiger partial charge in [-0.1, -0.05) is 49.7 Å². The van der Waals surface area contributed by atoms with Gasteiger partial charge in [-0.05, 0) is 36.8 Å². The third-order valence-corrected chi connectivity index (χ3v) is 6.99. The zero-order chi connectivity index (χ0) is 26.6. The summed E-state index contributed by atoms with van der Waals surface area (Å²) in [5.74, 6) is 1.71. The number of para-hydroxylation sites is 1. The first-order chi connectivity index (χ1) is 18.5. The molecule has 1 aliphatic rings. The predicted molar refractivity (Wildman–Crippen MR) is 143 cm³/mol. The first-order valence-corrected chi connectivity index (χ1v) is 13.2.